The summed E-state index contributed by atoms with van der Waals surface area (Å²) in [6.07, 6.45) is 6.61. The molecule has 1 aromatic heterocycles. The summed E-state index contributed by atoms with van der Waals surface area (Å²) in [4.78, 5) is 3.96. The zero-order chi connectivity index (χ0) is 13.2. The highest BCUT2D eigenvalue weighted by molar-refractivity contribution is 7.89. The van der Waals surface area contributed by atoms with Crippen LogP contribution in [0.1, 0.15) is 25.7 Å². The van der Waals surface area contributed by atoms with Crippen LogP contribution in [-0.4, -0.2) is 40.7 Å². The predicted molar refractivity (Wildman–Crippen MR) is 70.1 cm³/mol. The molecule has 0 bridgehead atoms. The third-order valence-electron chi connectivity index (χ3n) is 3.27. The van der Waals surface area contributed by atoms with Crippen molar-refractivity contribution in [1.82, 2.24) is 13.9 Å². The second-order valence-electron chi connectivity index (χ2n) is 4.62. The second-order valence-corrected chi connectivity index (χ2v) is 6.84. The van der Waals surface area contributed by atoms with E-state index in [0.29, 0.717) is 18.8 Å². The summed E-state index contributed by atoms with van der Waals surface area (Å²) in [5, 5.41) is 0.131. The van der Waals surface area contributed by atoms with Gasteiger partial charge in [0.1, 0.15) is 0 Å². The zero-order valence-electron chi connectivity index (χ0n) is 10.4. The summed E-state index contributed by atoms with van der Waals surface area (Å²) in [5.74, 6) is 0.485. The van der Waals surface area contributed by atoms with Crippen molar-refractivity contribution < 1.29 is 8.42 Å². The highest BCUT2D eigenvalue weighted by Crippen LogP contribution is 2.26. The molecule has 2 heterocycles. The highest BCUT2D eigenvalue weighted by atomic mass is 35.5. The monoisotopic (exact) mass is 291 g/mol. The van der Waals surface area contributed by atoms with Gasteiger partial charge in [0.2, 0.25) is 0 Å². The molecular weight excluding hydrogens is 274 g/mol. The van der Waals surface area contributed by atoms with Gasteiger partial charge in [-0.2, -0.15) is 4.31 Å². The minimum atomic E-state index is -3.47. The Balaban J connectivity index is 2.27. The number of alkyl halides is 1. The summed E-state index contributed by atoms with van der Waals surface area (Å²) in [7, 11) is -1.71. The Morgan fingerprint density at radius 1 is 1.50 bits per heavy atom. The fourth-order valence-electron chi connectivity index (χ4n) is 2.35. The first-order chi connectivity index (χ1) is 8.55. The molecule has 1 saturated heterocycles. The highest BCUT2D eigenvalue weighted by Gasteiger charge is 2.34. The lowest BCUT2D eigenvalue weighted by molar-refractivity contribution is 0.247. The van der Waals surface area contributed by atoms with Crippen LogP contribution in [-0.2, 0) is 17.1 Å². The number of hydrogen-bond acceptors (Lipinski definition) is 3. The number of aryl methyl sites for hydroxylation is 1. The molecule has 0 spiro atoms. The van der Waals surface area contributed by atoms with Crippen LogP contribution in [0.25, 0.3) is 0 Å². The van der Waals surface area contributed by atoms with Gasteiger partial charge in [-0.25, -0.2) is 13.4 Å². The molecule has 1 unspecified atom stereocenters. The first-order valence-corrected chi connectivity index (χ1v) is 8.09. The number of nitrogens with zero attached hydrogens (tertiary/aromatic N) is 3. The van der Waals surface area contributed by atoms with Gasteiger partial charge in [-0.3, -0.25) is 0 Å². The van der Waals surface area contributed by atoms with Crippen molar-refractivity contribution in [2.45, 2.75) is 36.8 Å². The van der Waals surface area contributed by atoms with E-state index in [2.05, 4.69) is 4.98 Å². The molecule has 1 atom stereocenters. The summed E-state index contributed by atoms with van der Waals surface area (Å²) in [6.45, 7) is 0.570. The second kappa shape index (κ2) is 5.59. The van der Waals surface area contributed by atoms with Gasteiger partial charge in [0.15, 0.2) is 5.03 Å². The predicted octanol–water partition coefficient (Wildman–Crippen LogP) is 1.59. The molecular formula is C11H18ClN3O2S. The molecule has 0 saturated carbocycles. The fourth-order valence-corrected chi connectivity index (χ4v) is 4.29. The van der Waals surface area contributed by atoms with Crippen LogP contribution in [0.3, 0.4) is 0 Å². The lowest BCUT2D eigenvalue weighted by Crippen LogP contribution is -2.43. The van der Waals surface area contributed by atoms with Crippen LogP contribution >= 0.6 is 11.6 Å². The van der Waals surface area contributed by atoms with E-state index < -0.39 is 10.0 Å². The Kier molecular flexibility index (Phi) is 4.29. The first-order valence-electron chi connectivity index (χ1n) is 6.11. The van der Waals surface area contributed by atoms with Gasteiger partial charge in [0.25, 0.3) is 10.0 Å². The Bertz CT molecular complexity index is 498. The van der Waals surface area contributed by atoms with Crippen molar-refractivity contribution in [3.8, 4) is 0 Å². The number of rotatable bonds is 4. The number of imidazole rings is 1. The summed E-state index contributed by atoms with van der Waals surface area (Å²) in [6, 6.07) is 0.0169. The molecule has 18 heavy (non-hydrogen) atoms. The van der Waals surface area contributed by atoms with Gasteiger partial charge in [0, 0.05) is 31.7 Å². The maximum Gasteiger partial charge on any atom is 0.262 e. The average Bonchev–Trinajstić information content (AvgIpc) is 2.78. The number of piperidine rings is 1. The van der Waals surface area contributed by atoms with Gasteiger partial charge in [0.05, 0.1) is 6.33 Å². The molecule has 0 aliphatic carbocycles. The normalized spacial score (nSPS) is 22.2. The molecule has 5 nitrogen and oxygen atoms in total. The van der Waals surface area contributed by atoms with Crippen molar-refractivity contribution >= 4 is 21.6 Å². The van der Waals surface area contributed by atoms with Gasteiger partial charge >= 0.3 is 0 Å². The molecule has 1 aromatic rings. The molecule has 7 heteroatoms. The van der Waals surface area contributed by atoms with Crippen molar-refractivity contribution in [2.24, 2.45) is 7.05 Å². The zero-order valence-corrected chi connectivity index (χ0v) is 12.0. The van der Waals surface area contributed by atoms with E-state index in [1.165, 1.54) is 6.33 Å². The van der Waals surface area contributed by atoms with E-state index in [1.807, 2.05) is 0 Å². The van der Waals surface area contributed by atoms with E-state index in [1.54, 1.807) is 22.1 Å². The Morgan fingerprint density at radius 3 is 2.89 bits per heavy atom. The molecule has 102 valence electrons. The molecule has 1 aliphatic rings. The van der Waals surface area contributed by atoms with E-state index in [-0.39, 0.29) is 11.1 Å². The summed E-state index contributed by atoms with van der Waals surface area (Å²) < 4.78 is 28.2. The van der Waals surface area contributed by atoms with E-state index >= 15 is 0 Å². The first kappa shape index (κ1) is 13.8. The third kappa shape index (κ3) is 2.70. The number of hydrogen-bond donors (Lipinski definition) is 0. The number of halogens is 1. The SMILES string of the molecule is Cn1cnc(S(=O)(=O)N2CCCCC2CCCl)c1. The minimum absolute atomic E-state index is 0.0169. The van der Waals surface area contributed by atoms with Crippen molar-refractivity contribution in [1.29, 1.82) is 0 Å². The smallest absolute Gasteiger partial charge is 0.262 e. The standard InChI is InChI=1S/C11H18ClN3O2S/c1-14-8-11(13-9-14)18(16,17)15-7-3-2-4-10(15)5-6-12/h8-10H,2-7H2,1H3. The van der Waals surface area contributed by atoms with E-state index in [4.69, 9.17) is 11.6 Å². The third-order valence-corrected chi connectivity index (χ3v) is 5.33. The molecule has 1 fully saturated rings. The van der Waals surface area contributed by atoms with Gasteiger partial charge in [-0.05, 0) is 19.3 Å². The van der Waals surface area contributed by atoms with Crippen molar-refractivity contribution in [2.75, 3.05) is 12.4 Å². The lowest BCUT2D eigenvalue weighted by atomic mass is 10.0. The van der Waals surface area contributed by atoms with E-state index in [0.717, 1.165) is 19.3 Å². The topological polar surface area (TPSA) is 55.2 Å². The maximum absolute atomic E-state index is 12.5. The van der Waals surface area contributed by atoms with Crippen LogP contribution in [0.4, 0.5) is 0 Å². The molecule has 1 aliphatic heterocycles. The molecule has 0 N–H and O–H groups in total. The quantitative estimate of drug-likeness (QED) is 0.792. The van der Waals surface area contributed by atoms with E-state index in [9.17, 15) is 8.42 Å². The Hall–Kier alpha value is -0.590. The molecule has 0 aromatic carbocycles. The largest absolute Gasteiger partial charge is 0.339 e. The maximum atomic E-state index is 12.5. The summed E-state index contributed by atoms with van der Waals surface area (Å²) >= 11 is 5.76. The van der Waals surface area contributed by atoms with Crippen LogP contribution in [0, 0.1) is 0 Å². The summed E-state index contributed by atoms with van der Waals surface area (Å²) in [5.41, 5.74) is 0. The van der Waals surface area contributed by atoms with Gasteiger partial charge in [-0.15, -0.1) is 11.6 Å². The lowest BCUT2D eigenvalue weighted by Gasteiger charge is -2.33. The van der Waals surface area contributed by atoms with Crippen molar-refractivity contribution in [3.63, 3.8) is 0 Å². The molecule has 2 rings (SSSR count). The number of sulfonamides is 1. The number of aromatic nitrogens is 2. The van der Waals surface area contributed by atoms with Crippen LogP contribution in [0.5, 0.6) is 0 Å². The average molecular weight is 292 g/mol. The van der Waals surface area contributed by atoms with Crippen LogP contribution < -0.4 is 0 Å². The van der Waals surface area contributed by atoms with Crippen LogP contribution in [0.2, 0.25) is 0 Å². The molecule has 0 amide bonds. The van der Waals surface area contributed by atoms with Crippen LogP contribution in [0.15, 0.2) is 17.6 Å². The Labute approximate surface area is 113 Å². The molecule has 0 radical (unpaired) electrons. The van der Waals surface area contributed by atoms with Gasteiger partial charge < -0.3 is 4.57 Å². The van der Waals surface area contributed by atoms with Crippen molar-refractivity contribution in [3.05, 3.63) is 12.5 Å². The van der Waals surface area contributed by atoms with Gasteiger partial charge in [-0.1, -0.05) is 6.42 Å². The fraction of sp³-hybridized carbons (Fsp3) is 0.727. The minimum Gasteiger partial charge on any atom is -0.339 e. The Morgan fingerprint density at radius 2 is 2.28 bits per heavy atom.